The molecule has 2 heteroatoms. The van der Waals surface area contributed by atoms with Gasteiger partial charge < -0.3 is 9.73 Å². The Morgan fingerprint density at radius 2 is 2.27 bits per heavy atom. The summed E-state index contributed by atoms with van der Waals surface area (Å²) in [6.07, 6.45) is 7.55. The van der Waals surface area contributed by atoms with Gasteiger partial charge in [-0.1, -0.05) is 13.8 Å². The molecule has 1 aliphatic rings. The fourth-order valence-electron chi connectivity index (χ4n) is 2.05. The van der Waals surface area contributed by atoms with Gasteiger partial charge in [0.05, 0.1) is 12.5 Å². The van der Waals surface area contributed by atoms with Crippen LogP contribution in [0.2, 0.25) is 0 Å². The van der Waals surface area contributed by atoms with Crippen molar-refractivity contribution in [2.45, 2.75) is 33.1 Å². The van der Waals surface area contributed by atoms with Gasteiger partial charge in [-0.05, 0) is 48.8 Å². The van der Waals surface area contributed by atoms with E-state index < -0.39 is 0 Å². The van der Waals surface area contributed by atoms with E-state index in [2.05, 4.69) is 25.2 Å². The molecule has 2 nitrogen and oxygen atoms in total. The van der Waals surface area contributed by atoms with Crippen LogP contribution in [0.3, 0.4) is 0 Å². The lowest BCUT2D eigenvalue weighted by Crippen LogP contribution is -2.28. The smallest absolute Gasteiger partial charge is 0.0934 e. The second-order valence-corrected chi connectivity index (χ2v) is 5.33. The second kappa shape index (κ2) is 4.40. The van der Waals surface area contributed by atoms with Crippen molar-refractivity contribution in [2.75, 3.05) is 13.1 Å². The Labute approximate surface area is 92.1 Å². The first-order chi connectivity index (χ1) is 7.20. The van der Waals surface area contributed by atoms with Crippen LogP contribution in [0.25, 0.3) is 0 Å². The lowest BCUT2D eigenvalue weighted by atomic mass is 9.98. The lowest BCUT2D eigenvalue weighted by molar-refractivity contribution is 0.430. The van der Waals surface area contributed by atoms with Gasteiger partial charge in [0.2, 0.25) is 0 Å². The highest BCUT2D eigenvalue weighted by molar-refractivity contribution is 5.12. The largest absolute Gasteiger partial charge is 0.472 e. The topological polar surface area (TPSA) is 25.2 Å². The summed E-state index contributed by atoms with van der Waals surface area (Å²) < 4.78 is 5.11. The standard InChI is InChI=1S/C13H21NO/c1-11(2)8-14-10-13(4-5-13)7-12-3-6-15-9-12/h3,6,9,11,14H,4-5,7-8,10H2,1-2H3. The van der Waals surface area contributed by atoms with Crippen LogP contribution in [0.5, 0.6) is 0 Å². The molecule has 1 N–H and O–H groups in total. The molecule has 0 unspecified atom stereocenters. The van der Waals surface area contributed by atoms with Crippen molar-refractivity contribution in [3.63, 3.8) is 0 Å². The predicted octanol–water partition coefficient (Wildman–Crippen LogP) is 2.85. The van der Waals surface area contributed by atoms with Crippen LogP contribution in [-0.2, 0) is 6.42 Å². The van der Waals surface area contributed by atoms with Crippen LogP contribution in [0, 0.1) is 11.3 Å². The molecule has 1 fully saturated rings. The van der Waals surface area contributed by atoms with Crippen molar-refractivity contribution >= 4 is 0 Å². The van der Waals surface area contributed by atoms with E-state index in [4.69, 9.17) is 4.42 Å². The highest BCUT2D eigenvalue weighted by Gasteiger charge is 2.42. The molecule has 2 rings (SSSR count). The molecule has 1 aromatic heterocycles. The number of hydrogen-bond donors (Lipinski definition) is 1. The summed E-state index contributed by atoms with van der Waals surface area (Å²) in [6.45, 7) is 6.80. The monoisotopic (exact) mass is 207 g/mol. The average Bonchev–Trinajstić information content (AvgIpc) is 2.74. The fourth-order valence-corrected chi connectivity index (χ4v) is 2.05. The molecule has 0 saturated heterocycles. The molecule has 0 atom stereocenters. The van der Waals surface area contributed by atoms with E-state index in [-0.39, 0.29) is 0 Å². The maximum absolute atomic E-state index is 5.11. The van der Waals surface area contributed by atoms with E-state index >= 15 is 0 Å². The van der Waals surface area contributed by atoms with Crippen molar-refractivity contribution in [2.24, 2.45) is 11.3 Å². The Balaban J connectivity index is 1.76. The van der Waals surface area contributed by atoms with Gasteiger partial charge in [-0.15, -0.1) is 0 Å². The van der Waals surface area contributed by atoms with Gasteiger partial charge in [0.15, 0.2) is 0 Å². The third kappa shape index (κ3) is 3.10. The zero-order chi connectivity index (χ0) is 10.7. The summed E-state index contributed by atoms with van der Waals surface area (Å²) in [7, 11) is 0. The van der Waals surface area contributed by atoms with Crippen molar-refractivity contribution in [1.82, 2.24) is 5.32 Å². The van der Waals surface area contributed by atoms with E-state index in [0.29, 0.717) is 5.41 Å². The van der Waals surface area contributed by atoms with Crippen molar-refractivity contribution in [3.05, 3.63) is 24.2 Å². The third-order valence-corrected chi connectivity index (χ3v) is 3.17. The summed E-state index contributed by atoms with van der Waals surface area (Å²) in [5, 5.41) is 3.57. The molecule has 15 heavy (non-hydrogen) atoms. The van der Waals surface area contributed by atoms with Crippen LogP contribution in [-0.4, -0.2) is 13.1 Å². The van der Waals surface area contributed by atoms with Gasteiger partial charge in [-0.3, -0.25) is 0 Å². The minimum absolute atomic E-state index is 0.540. The third-order valence-electron chi connectivity index (χ3n) is 3.17. The van der Waals surface area contributed by atoms with E-state index in [1.165, 1.54) is 24.8 Å². The predicted molar refractivity (Wildman–Crippen MR) is 61.8 cm³/mol. The van der Waals surface area contributed by atoms with Crippen molar-refractivity contribution in [3.8, 4) is 0 Å². The molecule has 1 aromatic rings. The quantitative estimate of drug-likeness (QED) is 0.776. The molecule has 0 radical (unpaired) electrons. The van der Waals surface area contributed by atoms with Crippen LogP contribution < -0.4 is 5.32 Å². The molecule has 0 amide bonds. The summed E-state index contributed by atoms with van der Waals surface area (Å²) in [6, 6.07) is 2.09. The van der Waals surface area contributed by atoms with E-state index in [1.54, 1.807) is 6.26 Å². The Morgan fingerprint density at radius 3 is 2.80 bits per heavy atom. The Hall–Kier alpha value is -0.760. The molecule has 1 heterocycles. The van der Waals surface area contributed by atoms with Crippen LogP contribution >= 0.6 is 0 Å². The molecular weight excluding hydrogens is 186 g/mol. The van der Waals surface area contributed by atoms with Gasteiger partial charge in [0.25, 0.3) is 0 Å². The Kier molecular flexibility index (Phi) is 3.15. The van der Waals surface area contributed by atoms with Gasteiger partial charge in [0.1, 0.15) is 0 Å². The SMILES string of the molecule is CC(C)CNCC1(Cc2ccoc2)CC1. The number of hydrogen-bond acceptors (Lipinski definition) is 2. The van der Waals surface area contributed by atoms with E-state index in [9.17, 15) is 0 Å². The van der Waals surface area contributed by atoms with Gasteiger partial charge in [0, 0.05) is 6.54 Å². The minimum Gasteiger partial charge on any atom is -0.472 e. The fraction of sp³-hybridized carbons (Fsp3) is 0.692. The molecular formula is C13H21NO. The molecule has 0 aliphatic heterocycles. The normalized spacial score (nSPS) is 18.3. The van der Waals surface area contributed by atoms with Gasteiger partial charge in [-0.2, -0.15) is 0 Å². The summed E-state index contributed by atoms with van der Waals surface area (Å²) in [5.74, 6) is 0.745. The molecule has 84 valence electrons. The van der Waals surface area contributed by atoms with Gasteiger partial charge in [-0.25, -0.2) is 0 Å². The Bertz CT molecular complexity index is 285. The van der Waals surface area contributed by atoms with Crippen LogP contribution in [0.15, 0.2) is 23.0 Å². The minimum atomic E-state index is 0.540. The number of furan rings is 1. The highest BCUT2D eigenvalue weighted by Crippen LogP contribution is 2.47. The zero-order valence-corrected chi connectivity index (χ0v) is 9.75. The Morgan fingerprint density at radius 1 is 1.47 bits per heavy atom. The van der Waals surface area contributed by atoms with Crippen LogP contribution in [0.4, 0.5) is 0 Å². The van der Waals surface area contributed by atoms with E-state index in [1.807, 2.05) is 6.26 Å². The summed E-state index contributed by atoms with van der Waals surface area (Å²) in [5.41, 5.74) is 1.89. The maximum Gasteiger partial charge on any atom is 0.0934 e. The average molecular weight is 207 g/mol. The second-order valence-electron chi connectivity index (χ2n) is 5.33. The van der Waals surface area contributed by atoms with Crippen molar-refractivity contribution in [1.29, 1.82) is 0 Å². The molecule has 1 saturated carbocycles. The summed E-state index contributed by atoms with van der Waals surface area (Å²) >= 11 is 0. The number of nitrogens with one attached hydrogen (secondary N) is 1. The van der Waals surface area contributed by atoms with Crippen molar-refractivity contribution < 1.29 is 4.42 Å². The molecule has 0 aromatic carbocycles. The summed E-state index contributed by atoms with van der Waals surface area (Å²) in [4.78, 5) is 0. The van der Waals surface area contributed by atoms with E-state index in [0.717, 1.165) is 19.0 Å². The highest BCUT2D eigenvalue weighted by atomic mass is 16.3. The maximum atomic E-state index is 5.11. The lowest BCUT2D eigenvalue weighted by Gasteiger charge is -2.16. The van der Waals surface area contributed by atoms with Gasteiger partial charge >= 0.3 is 0 Å². The number of rotatable bonds is 6. The molecule has 1 aliphatic carbocycles. The first kappa shape index (κ1) is 10.7. The molecule has 0 spiro atoms. The first-order valence-electron chi connectivity index (χ1n) is 5.92. The molecule has 0 bridgehead atoms. The first-order valence-corrected chi connectivity index (χ1v) is 5.92. The van der Waals surface area contributed by atoms with Crippen LogP contribution in [0.1, 0.15) is 32.3 Å². The zero-order valence-electron chi connectivity index (χ0n) is 9.75.